The standard InChI is InChI=1S/C10H12BrNO4/c1-15-7-4-5(11)3-6(9(7)16-2)8(12)10(13)14/h3-4,8H,12H2,1-2H3,(H,13,14)/t8-/m0/s1. The molecular formula is C10H12BrNO4. The van der Waals surface area contributed by atoms with Crippen LogP contribution in [0.1, 0.15) is 11.6 Å². The lowest BCUT2D eigenvalue weighted by molar-refractivity contribution is -0.138. The van der Waals surface area contributed by atoms with E-state index in [4.69, 9.17) is 20.3 Å². The predicted octanol–water partition coefficient (Wildman–Crippen LogP) is 1.55. The molecule has 0 amide bonds. The Morgan fingerprint density at radius 3 is 2.50 bits per heavy atom. The molecule has 0 bridgehead atoms. The van der Waals surface area contributed by atoms with Crippen molar-refractivity contribution in [3.63, 3.8) is 0 Å². The molecular weight excluding hydrogens is 278 g/mol. The molecule has 0 saturated carbocycles. The third-order valence-corrected chi connectivity index (χ3v) is 2.53. The zero-order chi connectivity index (χ0) is 12.3. The number of aliphatic carboxylic acids is 1. The molecule has 5 nitrogen and oxygen atoms in total. The van der Waals surface area contributed by atoms with E-state index in [-0.39, 0.29) is 0 Å². The van der Waals surface area contributed by atoms with Gasteiger partial charge in [0.05, 0.1) is 14.2 Å². The molecule has 16 heavy (non-hydrogen) atoms. The summed E-state index contributed by atoms with van der Waals surface area (Å²) in [7, 11) is 2.91. The van der Waals surface area contributed by atoms with Gasteiger partial charge in [-0.3, -0.25) is 4.79 Å². The SMILES string of the molecule is COc1cc(Br)cc([C@H](N)C(=O)O)c1OC. The minimum Gasteiger partial charge on any atom is -0.493 e. The van der Waals surface area contributed by atoms with Crippen molar-refractivity contribution in [2.45, 2.75) is 6.04 Å². The highest BCUT2D eigenvalue weighted by atomic mass is 79.9. The zero-order valence-electron chi connectivity index (χ0n) is 8.86. The first-order valence-electron chi connectivity index (χ1n) is 4.41. The predicted molar refractivity (Wildman–Crippen MR) is 61.8 cm³/mol. The lowest BCUT2D eigenvalue weighted by Crippen LogP contribution is -2.21. The Kier molecular flexibility index (Phi) is 4.14. The van der Waals surface area contributed by atoms with E-state index in [1.54, 1.807) is 12.1 Å². The second-order valence-electron chi connectivity index (χ2n) is 3.05. The van der Waals surface area contributed by atoms with Gasteiger partial charge in [0, 0.05) is 10.0 Å². The first-order valence-corrected chi connectivity index (χ1v) is 5.20. The van der Waals surface area contributed by atoms with Crippen LogP contribution in [0.5, 0.6) is 11.5 Å². The molecule has 0 fully saturated rings. The summed E-state index contributed by atoms with van der Waals surface area (Å²) in [5, 5.41) is 8.87. The fourth-order valence-corrected chi connectivity index (χ4v) is 1.78. The van der Waals surface area contributed by atoms with Crippen molar-refractivity contribution in [2.24, 2.45) is 5.73 Å². The molecule has 1 aromatic carbocycles. The van der Waals surface area contributed by atoms with Gasteiger partial charge in [0.15, 0.2) is 11.5 Å². The molecule has 0 aliphatic carbocycles. The van der Waals surface area contributed by atoms with Gasteiger partial charge in [-0.1, -0.05) is 15.9 Å². The van der Waals surface area contributed by atoms with Crippen molar-refractivity contribution in [1.29, 1.82) is 0 Å². The maximum Gasteiger partial charge on any atom is 0.325 e. The summed E-state index contributed by atoms with van der Waals surface area (Å²) in [5.41, 5.74) is 5.91. The second-order valence-corrected chi connectivity index (χ2v) is 3.96. The van der Waals surface area contributed by atoms with Crippen LogP contribution < -0.4 is 15.2 Å². The van der Waals surface area contributed by atoms with Crippen LogP contribution in [0, 0.1) is 0 Å². The van der Waals surface area contributed by atoms with Gasteiger partial charge in [0.2, 0.25) is 0 Å². The summed E-state index contributed by atoms with van der Waals surface area (Å²) >= 11 is 3.25. The molecule has 0 unspecified atom stereocenters. The maximum absolute atomic E-state index is 10.8. The Hall–Kier alpha value is -1.27. The molecule has 0 aromatic heterocycles. The number of rotatable bonds is 4. The van der Waals surface area contributed by atoms with Gasteiger partial charge in [-0.05, 0) is 12.1 Å². The Morgan fingerprint density at radius 2 is 2.06 bits per heavy atom. The number of hydrogen-bond donors (Lipinski definition) is 2. The largest absolute Gasteiger partial charge is 0.493 e. The van der Waals surface area contributed by atoms with Crippen molar-refractivity contribution in [2.75, 3.05) is 14.2 Å². The monoisotopic (exact) mass is 289 g/mol. The van der Waals surface area contributed by atoms with Crippen LogP contribution in [0.3, 0.4) is 0 Å². The fraction of sp³-hybridized carbons (Fsp3) is 0.300. The van der Waals surface area contributed by atoms with Crippen molar-refractivity contribution in [3.8, 4) is 11.5 Å². The van der Waals surface area contributed by atoms with Gasteiger partial charge in [-0.25, -0.2) is 0 Å². The highest BCUT2D eigenvalue weighted by Crippen LogP contribution is 2.37. The summed E-state index contributed by atoms with van der Waals surface area (Å²) in [6, 6.07) is 2.12. The van der Waals surface area contributed by atoms with Crippen LogP contribution in [-0.2, 0) is 4.79 Å². The maximum atomic E-state index is 10.8. The molecule has 0 saturated heterocycles. The van der Waals surface area contributed by atoms with Gasteiger partial charge < -0.3 is 20.3 Å². The van der Waals surface area contributed by atoms with Crippen LogP contribution in [0.25, 0.3) is 0 Å². The summed E-state index contributed by atoms with van der Waals surface area (Å²) < 4.78 is 10.9. The quantitative estimate of drug-likeness (QED) is 0.879. The molecule has 6 heteroatoms. The number of nitrogens with two attached hydrogens (primary N) is 1. The lowest BCUT2D eigenvalue weighted by Gasteiger charge is -2.15. The van der Waals surface area contributed by atoms with E-state index >= 15 is 0 Å². The topological polar surface area (TPSA) is 81.8 Å². The molecule has 88 valence electrons. The molecule has 0 spiro atoms. The number of carboxylic acid groups (broad SMARTS) is 1. The normalized spacial score (nSPS) is 12.0. The number of ether oxygens (including phenoxy) is 2. The van der Waals surface area contributed by atoms with Crippen LogP contribution >= 0.6 is 15.9 Å². The molecule has 1 atom stereocenters. The average Bonchev–Trinajstić information content (AvgIpc) is 2.26. The summed E-state index contributed by atoms with van der Waals surface area (Å²) in [5.74, 6) is -0.359. The molecule has 1 rings (SSSR count). The van der Waals surface area contributed by atoms with Crippen LogP contribution in [0.2, 0.25) is 0 Å². The minimum atomic E-state index is -1.15. The summed E-state index contributed by atoms with van der Waals surface area (Å²) in [6.45, 7) is 0. The van der Waals surface area contributed by atoms with Crippen LogP contribution in [0.15, 0.2) is 16.6 Å². The fourth-order valence-electron chi connectivity index (χ4n) is 1.32. The van der Waals surface area contributed by atoms with Gasteiger partial charge in [-0.15, -0.1) is 0 Å². The van der Waals surface area contributed by atoms with Crippen molar-refractivity contribution < 1.29 is 19.4 Å². The molecule has 1 aromatic rings. The third-order valence-electron chi connectivity index (χ3n) is 2.07. The summed E-state index contributed by atoms with van der Waals surface area (Å²) in [4.78, 5) is 10.8. The molecule has 3 N–H and O–H groups in total. The highest BCUT2D eigenvalue weighted by Gasteiger charge is 2.22. The van der Waals surface area contributed by atoms with E-state index in [2.05, 4.69) is 15.9 Å². The highest BCUT2D eigenvalue weighted by molar-refractivity contribution is 9.10. The minimum absolute atomic E-state index is 0.334. The Labute approximate surface area is 101 Å². The average molecular weight is 290 g/mol. The Balaban J connectivity index is 3.35. The van der Waals surface area contributed by atoms with E-state index in [1.807, 2.05) is 0 Å². The number of benzene rings is 1. The van der Waals surface area contributed by atoms with Crippen LogP contribution in [-0.4, -0.2) is 25.3 Å². The zero-order valence-corrected chi connectivity index (χ0v) is 10.4. The second kappa shape index (κ2) is 5.18. The first-order chi connectivity index (χ1) is 7.51. The van der Waals surface area contributed by atoms with Gasteiger partial charge in [0.1, 0.15) is 6.04 Å². The van der Waals surface area contributed by atoms with Crippen molar-refractivity contribution in [3.05, 3.63) is 22.2 Å². The van der Waals surface area contributed by atoms with Gasteiger partial charge >= 0.3 is 5.97 Å². The number of carbonyl (C=O) groups is 1. The van der Waals surface area contributed by atoms with E-state index in [0.717, 1.165) is 0 Å². The van der Waals surface area contributed by atoms with E-state index < -0.39 is 12.0 Å². The Bertz CT molecular complexity index is 408. The number of hydrogen-bond acceptors (Lipinski definition) is 4. The van der Waals surface area contributed by atoms with Crippen LogP contribution in [0.4, 0.5) is 0 Å². The van der Waals surface area contributed by atoms with E-state index in [0.29, 0.717) is 21.5 Å². The van der Waals surface area contributed by atoms with Gasteiger partial charge in [0.25, 0.3) is 0 Å². The summed E-state index contributed by atoms with van der Waals surface area (Å²) in [6.07, 6.45) is 0. The number of halogens is 1. The van der Waals surface area contributed by atoms with Crippen molar-refractivity contribution in [1.82, 2.24) is 0 Å². The Morgan fingerprint density at radius 1 is 1.44 bits per heavy atom. The molecule has 0 aliphatic heterocycles. The van der Waals surface area contributed by atoms with E-state index in [1.165, 1.54) is 14.2 Å². The lowest BCUT2D eigenvalue weighted by atomic mass is 10.1. The van der Waals surface area contributed by atoms with Crippen molar-refractivity contribution >= 4 is 21.9 Å². The van der Waals surface area contributed by atoms with E-state index in [9.17, 15) is 4.79 Å². The smallest absolute Gasteiger partial charge is 0.325 e. The third kappa shape index (κ3) is 2.45. The first kappa shape index (κ1) is 12.8. The van der Waals surface area contributed by atoms with Gasteiger partial charge in [-0.2, -0.15) is 0 Å². The molecule has 0 radical (unpaired) electrons. The number of carboxylic acids is 1. The molecule has 0 aliphatic rings. The molecule has 0 heterocycles. The number of methoxy groups -OCH3 is 2.